The van der Waals surface area contributed by atoms with Crippen molar-refractivity contribution in [2.24, 2.45) is 5.92 Å². The van der Waals surface area contributed by atoms with Crippen LogP contribution in [0.25, 0.3) is 0 Å². The van der Waals surface area contributed by atoms with Gasteiger partial charge < -0.3 is 9.47 Å². The molecule has 1 aromatic carbocycles. The number of rotatable bonds is 7. The molecule has 6 nitrogen and oxygen atoms in total. The first-order valence-electron chi connectivity index (χ1n) is 6.13. The third-order valence-electron chi connectivity index (χ3n) is 2.76. The van der Waals surface area contributed by atoms with Gasteiger partial charge in [-0.15, -0.1) is 0 Å². The van der Waals surface area contributed by atoms with E-state index in [1.54, 1.807) is 6.92 Å². The molecular weight excluding hydrogens is 314 g/mol. The summed E-state index contributed by atoms with van der Waals surface area (Å²) in [6, 6.07) is 4.15. The van der Waals surface area contributed by atoms with Crippen LogP contribution in [0.3, 0.4) is 0 Å². The van der Waals surface area contributed by atoms with Gasteiger partial charge in [0.25, 0.3) is 10.0 Å². The number of carbonyl (C=O) groups excluding carboxylic acids is 1. The van der Waals surface area contributed by atoms with Gasteiger partial charge in [-0.1, -0.05) is 6.92 Å². The zero-order valence-electron chi connectivity index (χ0n) is 12.4. The van der Waals surface area contributed by atoms with E-state index in [9.17, 15) is 13.2 Å². The molecule has 0 aliphatic carbocycles. The van der Waals surface area contributed by atoms with Gasteiger partial charge in [0.2, 0.25) is 5.91 Å². The molecule has 21 heavy (non-hydrogen) atoms. The fraction of sp³-hybridized carbons (Fsp3) is 0.462. The first-order valence-corrected chi connectivity index (χ1v) is 9.01. The van der Waals surface area contributed by atoms with E-state index in [0.717, 1.165) is 0 Å². The standard InChI is InChI=1S/C13H19NO5S2/c1-9(8-20-4)13(15)14-21(16,17)10-5-6-11(18-2)12(7-10)19-3/h5-7,9H,8H2,1-4H3,(H,14,15)/t9-/m1/s1. The van der Waals surface area contributed by atoms with E-state index in [2.05, 4.69) is 4.72 Å². The molecule has 0 unspecified atom stereocenters. The Morgan fingerprint density at radius 3 is 2.43 bits per heavy atom. The zero-order chi connectivity index (χ0) is 16.0. The summed E-state index contributed by atoms with van der Waals surface area (Å²) in [7, 11) is -1.06. The molecule has 1 rings (SSSR count). The molecule has 1 aromatic rings. The van der Waals surface area contributed by atoms with E-state index >= 15 is 0 Å². The Balaban J connectivity index is 3.00. The van der Waals surface area contributed by atoms with Gasteiger partial charge in [0.05, 0.1) is 19.1 Å². The van der Waals surface area contributed by atoms with Gasteiger partial charge in [0.15, 0.2) is 11.5 Å². The van der Waals surface area contributed by atoms with Crippen LogP contribution >= 0.6 is 11.8 Å². The van der Waals surface area contributed by atoms with Crippen LogP contribution in [-0.2, 0) is 14.8 Å². The second-order valence-electron chi connectivity index (χ2n) is 4.34. The van der Waals surface area contributed by atoms with E-state index < -0.39 is 21.8 Å². The Hall–Kier alpha value is -1.41. The number of nitrogens with one attached hydrogen (secondary N) is 1. The van der Waals surface area contributed by atoms with Gasteiger partial charge >= 0.3 is 0 Å². The molecule has 0 radical (unpaired) electrons. The van der Waals surface area contributed by atoms with Crippen LogP contribution in [0, 0.1) is 5.92 Å². The van der Waals surface area contributed by atoms with Gasteiger partial charge in [-0.25, -0.2) is 13.1 Å². The van der Waals surface area contributed by atoms with Crippen molar-refractivity contribution in [1.29, 1.82) is 0 Å². The molecule has 0 bridgehead atoms. The Morgan fingerprint density at radius 1 is 1.29 bits per heavy atom. The summed E-state index contributed by atoms with van der Waals surface area (Å²) in [5, 5.41) is 0. The van der Waals surface area contributed by atoms with E-state index in [1.165, 1.54) is 44.2 Å². The molecule has 1 atom stereocenters. The van der Waals surface area contributed by atoms with Crippen LogP contribution in [0.1, 0.15) is 6.92 Å². The SMILES string of the molecule is COc1ccc(S(=O)(=O)NC(=O)[C@H](C)CSC)cc1OC. The summed E-state index contributed by atoms with van der Waals surface area (Å²) in [4.78, 5) is 11.8. The lowest BCUT2D eigenvalue weighted by Crippen LogP contribution is -2.35. The number of thioether (sulfide) groups is 1. The molecule has 0 spiro atoms. The number of benzene rings is 1. The second-order valence-corrected chi connectivity index (χ2v) is 6.94. The van der Waals surface area contributed by atoms with Crippen molar-refractivity contribution in [3.63, 3.8) is 0 Å². The number of hydrogen-bond donors (Lipinski definition) is 1. The number of methoxy groups -OCH3 is 2. The molecule has 0 fully saturated rings. The second kappa shape index (κ2) is 7.56. The fourth-order valence-corrected chi connectivity index (χ4v) is 3.35. The molecule has 1 N–H and O–H groups in total. The summed E-state index contributed by atoms with van der Waals surface area (Å²) in [5.74, 6) is 0.324. The highest BCUT2D eigenvalue weighted by atomic mass is 32.2. The first kappa shape index (κ1) is 17.6. The third kappa shape index (κ3) is 4.53. The van der Waals surface area contributed by atoms with E-state index in [-0.39, 0.29) is 10.6 Å². The van der Waals surface area contributed by atoms with Crippen molar-refractivity contribution in [3.05, 3.63) is 18.2 Å². The van der Waals surface area contributed by atoms with Crippen LogP contribution in [0.15, 0.2) is 23.1 Å². The Bertz CT molecular complexity index is 601. The number of ether oxygens (including phenoxy) is 2. The lowest BCUT2D eigenvalue weighted by Gasteiger charge is -2.13. The molecule has 8 heteroatoms. The topological polar surface area (TPSA) is 81.7 Å². The minimum atomic E-state index is -3.92. The van der Waals surface area contributed by atoms with Crippen molar-refractivity contribution in [3.8, 4) is 11.5 Å². The van der Waals surface area contributed by atoms with Crippen LogP contribution in [0.5, 0.6) is 11.5 Å². The summed E-state index contributed by atoms with van der Waals surface area (Å²) in [5.41, 5.74) is 0. The maximum Gasteiger partial charge on any atom is 0.264 e. The monoisotopic (exact) mass is 333 g/mol. The molecule has 0 heterocycles. The lowest BCUT2D eigenvalue weighted by atomic mass is 10.2. The normalized spacial score (nSPS) is 12.6. The molecule has 0 aromatic heterocycles. The molecule has 0 saturated carbocycles. The van der Waals surface area contributed by atoms with Gasteiger partial charge in [0, 0.05) is 17.7 Å². The quantitative estimate of drug-likeness (QED) is 0.814. The zero-order valence-corrected chi connectivity index (χ0v) is 14.0. The van der Waals surface area contributed by atoms with Crippen LogP contribution in [0.4, 0.5) is 0 Å². The van der Waals surface area contributed by atoms with Crippen LogP contribution in [-0.4, -0.2) is 40.6 Å². The van der Waals surface area contributed by atoms with Crippen molar-refractivity contribution in [1.82, 2.24) is 4.72 Å². The average molecular weight is 333 g/mol. The van der Waals surface area contributed by atoms with Gasteiger partial charge in [-0.2, -0.15) is 11.8 Å². The third-order valence-corrected chi connectivity index (χ3v) is 4.94. The molecule has 0 saturated heterocycles. The summed E-state index contributed by atoms with van der Waals surface area (Å²) < 4.78 is 36.5. The molecule has 0 aliphatic heterocycles. The highest BCUT2D eigenvalue weighted by Gasteiger charge is 2.22. The smallest absolute Gasteiger partial charge is 0.264 e. The Morgan fingerprint density at radius 2 is 1.90 bits per heavy atom. The highest BCUT2D eigenvalue weighted by molar-refractivity contribution is 7.98. The molecule has 1 amide bonds. The number of amides is 1. The van der Waals surface area contributed by atoms with E-state index in [4.69, 9.17) is 9.47 Å². The van der Waals surface area contributed by atoms with Crippen LogP contribution < -0.4 is 14.2 Å². The maximum absolute atomic E-state index is 12.2. The van der Waals surface area contributed by atoms with Gasteiger partial charge in [-0.3, -0.25) is 4.79 Å². The fourth-order valence-electron chi connectivity index (χ4n) is 1.60. The maximum atomic E-state index is 12.2. The van der Waals surface area contributed by atoms with Crippen molar-refractivity contribution >= 4 is 27.7 Å². The highest BCUT2D eigenvalue weighted by Crippen LogP contribution is 2.29. The van der Waals surface area contributed by atoms with E-state index in [0.29, 0.717) is 11.5 Å². The predicted octanol–water partition coefficient (Wildman–Crippen LogP) is 1.51. The van der Waals surface area contributed by atoms with Gasteiger partial charge in [0.1, 0.15) is 0 Å². The summed E-state index contributed by atoms with van der Waals surface area (Å²) >= 11 is 1.48. The molecule has 118 valence electrons. The van der Waals surface area contributed by atoms with Crippen molar-refractivity contribution in [2.45, 2.75) is 11.8 Å². The Labute approximate surface area is 129 Å². The van der Waals surface area contributed by atoms with E-state index in [1.807, 2.05) is 6.26 Å². The first-order chi connectivity index (χ1) is 9.85. The number of carbonyl (C=O) groups is 1. The van der Waals surface area contributed by atoms with Crippen LogP contribution in [0.2, 0.25) is 0 Å². The number of sulfonamides is 1. The molecular formula is C13H19NO5S2. The lowest BCUT2D eigenvalue weighted by molar-refractivity contribution is -0.122. The average Bonchev–Trinajstić information content (AvgIpc) is 2.46. The van der Waals surface area contributed by atoms with Crippen molar-refractivity contribution < 1.29 is 22.7 Å². The number of hydrogen-bond acceptors (Lipinski definition) is 6. The van der Waals surface area contributed by atoms with Crippen molar-refractivity contribution in [2.75, 3.05) is 26.2 Å². The molecule has 0 aliphatic rings. The summed E-state index contributed by atoms with van der Waals surface area (Å²) in [6.07, 6.45) is 1.85. The predicted molar refractivity (Wildman–Crippen MR) is 82.4 cm³/mol. The largest absolute Gasteiger partial charge is 0.493 e. The minimum absolute atomic E-state index is 0.0511. The summed E-state index contributed by atoms with van der Waals surface area (Å²) in [6.45, 7) is 1.68. The van der Waals surface area contributed by atoms with Gasteiger partial charge in [-0.05, 0) is 18.4 Å². The minimum Gasteiger partial charge on any atom is -0.493 e. The Kier molecular flexibility index (Phi) is 6.35.